The normalized spacial score (nSPS) is 23.3. The molecule has 0 heterocycles. The van der Waals surface area contributed by atoms with E-state index in [4.69, 9.17) is 0 Å². The van der Waals surface area contributed by atoms with Crippen molar-refractivity contribution in [2.24, 2.45) is 17.8 Å². The van der Waals surface area contributed by atoms with E-state index in [0.717, 1.165) is 17.8 Å². The van der Waals surface area contributed by atoms with E-state index in [1.165, 1.54) is 51.4 Å². The minimum Gasteiger partial charge on any atom is -0.103 e. The van der Waals surface area contributed by atoms with Crippen LogP contribution in [0.3, 0.4) is 0 Å². The van der Waals surface area contributed by atoms with Gasteiger partial charge in [-0.05, 0) is 37.0 Å². The quantitative estimate of drug-likeness (QED) is 0.461. The van der Waals surface area contributed by atoms with Crippen LogP contribution in [0.4, 0.5) is 0 Å². The van der Waals surface area contributed by atoms with Crippen LogP contribution >= 0.6 is 0 Å². The molecular formula is C19H40. The molecule has 1 fully saturated rings. The first-order chi connectivity index (χ1) is 9.21. The molecule has 1 rings (SSSR count). The monoisotopic (exact) mass is 268 g/mol. The second-order valence-corrected chi connectivity index (χ2v) is 5.67. The molecule has 3 unspecified atom stereocenters. The van der Waals surface area contributed by atoms with Gasteiger partial charge in [-0.15, -0.1) is 6.58 Å². The van der Waals surface area contributed by atoms with Crippen LogP contribution in [0.2, 0.25) is 0 Å². The maximum atomic E-state index is 3.83. The SMILES string of the molecule is C=CCCC(CC)C1CCCCC1C.CC.CCC. The van der Waals surface area contributed by atoms with Crippen molar-refractivity contribution in [3.63, 3.8) is 0 Å². The fraction of sp³-hybridized carbons (Fsp3) is 0.895. The van der Waals surface area contributed by atoms with Crippen molar-refractivity contribution in [2.45, 2.75) is 92.9 Å². The van der Waals surface area contributed by atoms with Crippen LogP contribution in [0.25, 0.3) is 0 Å². The molecule has 0 aromatic heterocycles. The van der Waals surface area contributed by atoms with E-state index in [2.05, 4.69) is 40.3 Å². The topological polar surface area (TPSA) is 0 Å². The average molecular weight is 269 g/mol. The second-order valence-electron chi connectivity index (χ2n) is 5.67. The summed E-state index contributed by atoms with van der Waals surface area (Å²) in [6.45, 7) is 16.9. The van der Waals surface area contributed by atoms with Crippen molar-refractivity contribution in [3.8, 4) is 0 Å². The Balaban J connectivity index is 0. The van der Waals surface area contributed by atoms with Gasteiger partial charge >= 0.3 is 0 Å². The molecule has 0 bridgehead atoms. The summed E-state index contributed by atoms with van der Waals surface area (Å²) in [5.74, 6) is 2.94. The van der Waals surface area contributed by atoms with Crippen LogP contribution in [0.5, 0.6) is 0 Å². The lowest BCUT2D eigenvalue weighted by atomic mass is 9.71. The third kappa shape index (κ3) is 10.2. The predicted molar refractivity (Wildman–Crippen MR) is 91.6 cm³/mol. The molecule has 1 aliphatic rings. The second kappa shape index (κ2) is 15.8. The number of hydrogen-bond acceptors (Lipinski definition) is 0. The highest BCUT2D eigenvalue weighted by atomic mass is 14.3. The van der Waals surface area contributed by atoms with Crippen LogP contribution in [0.15, 0.2) is 12.7 Å². The summed E-state index contributed by atoms with van der Waals surface area (Å²) in [6.07, 6.45) is 13.2. The van der Waals surface area contributed by atoms with Gasteiger partial charge in [-0.2, -0.15) is 0 Å². The van der Waals surface area contributed by atoms with Gasteiger partial charge in [-0.1, -0.05) is 79.7 Å². The molecule has 1 aliphatic carbocycles. The van der Waals surface area contributed by atoms with E-state index in [1.54, 1.807) is 0 Å². The highest BCUT2D eigenvalue weighted by Crippen LogP contribution is 2.38. The van der Waals surface area contributed by atoms with Gasteiger partial charge in [0.25, 0.3) is 0 Å². The van der Waals surface area contributed by atoms with Crippen molar-refractivity contribution in [1.82, 2.24) is 0 Å². The van der Waals surface area contributed by atoms with E-state index >= 15 is 0 Å². The summed E-state index contributed by atoms with van der Waals surface area (Å²) in [6, 6.07) is 0. The van der Waals surface area contributed by atoms with Gasteiger partial charge in [0.15, 0.2) is 0 Å². The summed E-state index contributed by atoms with van der Waals surface area (Å²) < 4.78 is 0. The molecule has 1 saturated carbocycles. The first kappa shape index (κ1) is 21.0. The molecule has 0 nitrogen and oxygen atoms in total. The maximum Gasteiger partial charge on any atom is -0.0351 e. The van der Waals surface area contributed by atoms with Gasteiger partial charge in [0.2, 0.25) is 0 Å². The summed E-state index contributed by atoms with van der Waals surface area (Å²) in [5.41, 5.74) is 0. The molecule has 0 aliphatic heterocycles. The summed E-state index contributed by atoms with van der Waals surface area (Å²) in [7, 11) is 0. The van der Waals surface area contributed by atoms with Crippen LogP contribution in [0, 0.1) is 17.8 Å². The van der Waals surface area contributed by atoms with Crippen molar-refractivity contribution < 1.29 is 0 Å². The Labute approximate surface area is 124 Å². The van der Waals surface area contributed by atoms with Crippen LogP contribution < -0.4 is 0 Å². The molecule has 0 aromatic rings. The average Bonchev–Trinajstić information content (AvgIpc) is 2.44. The molecule has 0 saturated heterocycles. The zero-order chi connectivity index (χ0) is 15.1. The summed E-state index contributed by atoms with van der Waals surface area (Å²) in [4.78, 5) is 0. The van der Waals surface area contributed by atoms with Crippen LogP contribution in [-0.4, -0.2) is 0 Å². The lowest BCUT2D eigenvalue weighted by Gasteiger charge is -2.35. The standard InChI is InChI=1S/C14H26.C3H8.C2H6/c1-4-6-10-13(5-2)14-11-8-7-9-12(14)3;1-3-2;1-2/h4,12-14H,1,5-11H2,2-3H3;3H2,1-2H3;1-2H3. The minimum atomic E-state index is 0.961. The highest BCUT2D eigenvalue weighted by Gasteiger charge is 2.27. The Morgan fingerprint density at radius 3 is 2.05 bits per heavy atom. The lowest BCUT2D eigenvalue weighted by Crippen LogP contribution is -2.24. The van der Waals surface area contributed by atoms with Gasteiger partial charge in [-0.25, -0.2) is 0 Å². The Morgan fingerprint density at radius 2 is 1.63 bits per heavy atom. The number of rotatable bonds is 5. The summed E-state index contributed by atoms with van der Waals surface area (Å²) in [5, 5.41) is 0. The maximum absolute atomic E-state index is 3.83. The Hall–Kier alpha value is -0.260. The Bertz CT molecular complexity index is 171. The molecular weight excluding hydrogens is 228 g/mol. The van der Waals surface area contributed by atoms with Gasteiger partial charge in [0.05, 0.1) is 0 Å². The van der Waals surface area contributed by atoms with E-state index in [9.17, 15) is 0 Å². The molecule has 19 heavy (non-hydrogen) atoms. The fourth-order valence-corrected chi connectivity index (χ4v) is 3.10. The zero-order valence-corrected chi connectivity index (χ0v) is 14.7. The molecule has 3 atom stereocenters. The molecule has 0 amide bonds. The van der Waals surface area contributed by atoms with Crippen LogP contribution in [0.1, 0.15) is 92.9 Å². The molecule has 0 spiro atoms. The van der Waals surface area contributed by atoms with E-state index < -0.39 is 0 Å². The smallest absolute Gasteiger partial charge is 0.0351 e. The molecule has 0 N–H and O–H groups in total. The molecule has 0 aromatic carbocycles. The van der Waals surface area contributed by atoms with Crippen molar-refractivity contribution >= 4 is 0 Å². The van der Waals surface area contributed by atoms with Crippen LogP contribution in [-0.2, 0) is 0 Å². The van der Waals surface area contributed by atoms with Crippen molar-refractivity contribution in [2.75, 3.05) is 0 Å². The zero-order valence-electron chi connectivity index (χ0n) is 14.7. The minimum absolute atomic E-state index is 0.961. The van der Waals surface area contributed by atoms with E-state index in [-0.39, 0.29) is 0 Å². The Morgan fingerprint density at radius 1 is 1.11 bits per heavy atom. The third-order valence-corrected chi connectivity index (χ3v) is 4.05. The highest BCUT2D eigenvalue weighted by molar-refractivity contribution is 4.80. The molecule has 0 heteroatoms. The first-order valence-corrected chi connectivity index (χ1v) is 8.81. The predicted octanol–water partition coefficient (Wildman–Crippen LogP) is 7.25. The largest absolute Gasteiger partial charge is 0.103 e. The van der Waals surface area contributed by atoms with E-state index in [1.807, 2.05) is 13.8 Å². The van der Waals surface area contributed by atoms with Crippen molar-refractivity contribution in [1.29, 1.82) is 0 Å². The fourth-order valence-electron chi connectivity index (χ4n) is 3.10. The lowest BCUT2D eigenvalue weighted by molar-refractivity contribution is 0.162. The summed E-state index contributed by atoms with van der Waals surface area (Å²) >= 11 is 0. The molecule has 116 valence electrons. The van der Waals surface area contributed by atoms with E-state index in [0.29, 0.717) is 0 Å². The van der Waals surface area contributed by atoms with Crippen molar-refractivity contribution in [3.05, 3.63) is 12.7 Å². The number of hydrogen-bond donors (Lipinski definition) is 0. The van der Waals surface area contributed by atoms with Gasteiger partial charge in [0, 0.05) is 0 Å². The third-order valence-electron chi connectivity index (χ3n) is 4.05. The van der Waals surface area contributed by atoms with Gasteiger partial charge in [0.1, 0.15) is 0 Å². The molecule has 0 radical (unpaired) electrons. The first-order valence-electron chi connectivity index (χ1n) is 8.81. The van der Waals surface area contributed by atoms with Gasteiger partial charge in [-0.3, -0.25) is 0 Å². The van der Waals surface area contributed by atoms with Gasteiger partial charge < -0.3 is 0 Å². The number of allylic oxidation sites excluding steroid dienone is 1. The Kier molecular flexibility index (Phi) is 17.5.